The van der Waals surface area contributed by atoms with Crippen molar-refractivity contribution in [2.45, 2.75) is 19.2 Å². The molecule has 0 aliphatic heterocycles. The number of aryl methyl sites for hydroxylation is 1. The Labute approximate surface area is 83.8 Å². The highest BCUT2D eigenvalue weighted by molar-refractivity contribution is 6.17. The Morgan fingerprint density at radius 3 is 2.62 bits per heavy atom. The Hall–Kier alpha value is -0.830. The molecule has 3 nitrogen and oxygen atoms in total. The topological polar surface area (TPSA) is 29.0 Å². The molecule has 1 aromatic heterocycles. The molecule has 0 bridgehead atoms. The van der Waals surface area contributed by atoms with Crippen LogP contribution in [0.4, 0.5) is 5.95 Å². The smallest absolute Gasteiger partial charge is 0.225 e. The summed E-state index contributed by atoms with van der Waals surface area (Å²) in [6.07, 6.45) is 2.69. The van der Waals surface area contributed by atoms with Gasteiger partial charge in [-0.15, -0.1) is 11.6 Å². The molecule has 0 atom stereocenters. The van der Waals surface area contributed by atoms with Gasteiger partial charge in [0.2, 0.25) is 5.95 Å². The molecule has 1 aromatic rings. The van der Waals surface area contributed by atoms with Crippen LogP contribution in [0.1, 0.15) is 18.2 Å². The zero-order valence-electron chi connectivity index (χ0n) is 8.21. The molecule has 4 heteroatoms. The predicted molar refractivity (Wildman–Crippen MR) is 55.3 cm³/mol. The molecular formula is C9H14ClN3. The van der Waals surface area contributed by atoms with Crippen LogP contribution >= 0.6 is 11.6 Å². The van der Waals surface area contributed by atoms with E-state index in [1.54, 1.807) is 6.20 Å². The fraction of sp³-hybridized carbons (Fsp3) is 0.556. The number of alkyl halides is 1. The second-order valence-electron chi connectivity index (χ2n) is 3.02. The third-order valence-electron chi connectivity index (χ3n) is 1.82. The van der Waals surface area contributed by atoms with Crippen molar-refractivity contribution < 1.29 is 0 Å². The lowest BCUT2D eigenvalue weighted by Crippen LogP contribution is -2.14. The van der Waals surface area contributed by atoms with Crippen LogP contribution in [0.25, 0.3) is 0 Å². The number of aromatic nitrogens is 2. The van der Waals surface area contributed by atoms with Gasteiger partial charge in [-0.05, 0) is 6.42 Å². The maximum Gasteiger partial charge on any atom is 0.225 e. The summed E-state index contributed by atoms with van der Waals surface area (Å²) in [5.41, 5.74) is 2.06. The summed E-state index contributed by atoms with van der Waals surface area (Å²) in [7, 11) is 3.85. The van der Waals surface area contributed by atoms with Gasteiger partial charge in [0.15, 0.2) is 0 Å². The van der Waals surface area contributed by atoms with Crippen molar-refractivity contribution in [3.8, 4) is 0 Å². The van der Waals surface area contributed by atoms with Crippen molar-refractivity contribution in [1.82, 2.24) is 9.97 Å². The summed E-state index contributed by atoms with van der Waals surface area (Å²) < 4.78 is 0. The lowest BCUT2D eigenvalue weighted by atomic mass is 10.2. The summed E-state index contributed by atoms with van der Waals surface area (Å²) in [4.78, 5) is 10.5. The highest BCUT2D eigenvalue weighted by Gasteiger charge is 2.05. The lowest BCUT2D eigenvalue weighted by molar-refractivity contribution is 0.918. The SMILES string of the molecule is CCc1nc(N(C)C)ncc1CCl. The van der Waals surface area contributed by atoms with Gasteiger partial charge in [-0.25, -0.2) is 9.97 Å². The Morgan fingerprint density at radius 1 is 1.46 bits per heavy atom. The van der Waals surface area contributed by atoms with Crippen LogP contribution in [0.5, 0.6) is 0 Å². The zero-order valence-corrected chi connectivity index (χ0v) is 8.97. The quantitative estimate of drug-likeness (QED) is 0.696. The Bertz CT molecular complexity index is 286. The molecule has 0 unspecified atom stereocenters. The molecule has 13 heavy (non-hydrogen) atoms. The highest BCUT2D eigenvalue weighted by atomic mass is 35.5. The molecule has 0 saturated heterocycles. The van der Waals surface area contributed by atoms with Gasteiger partial charge in [0, 0.05) is 25.9 Å². The van der Waals surface area contributed by atoms with Crippen molar-refractivity contribution in [1.29, 1.82) is 0 Å². The van der Waals surface area contributed by atoms with Crippen molar-refractivity contribution in [2.75, 3.05) is 19.0 Å². The zero-order chi connectivity index (χ0) is 9.84. The molecule has 0 fully saturated rings. The van der Waals surface area contributed by atoms with Gasteiger partial charge in [-0.2, -0.15) is 0 Å². The van der Waals surface area contributed by atoms with Crippen LogP contribution in [0.15, 0.2) is 6.20 Å². The molecule has 0 aromatic carbocycles. The van der Waals surface area contributed by atoms with Gasteiger partial charge in [0.1, 0.15) is 0 Å². The minimum Gasteiger partial charge on any atom is -0.347 e. The largest absolute Gasteiger partial charge is 0.347 e. The molecule has 1 heterocycles. The van der Waals surface area contributed by atoms with Crippen LogP contribution in [0, 0.1) is 0 Å². The van der Waals surface area contributed by atoms with E-state index >= 15 is 0 Å². The van der Waals surface area contributed by atoms with Gasteiger partial charge < -0.3 is 4.90 Å². The summed E-state index contributed by atoms with van der Waals surface area (Å²) in [6, 6.07) is 0. The molecule has 0 aliphatic rings. The second-order valence-corrected chi connectivity index (χ2v) is 3.29. The van der Waals surface area contributed by atoms with Crippen LogP contribution < -0.4 is 4.90 Å². The monoisotopic (exact) mass is 199 g/mol. The first kappa shape index (κ1) is 10.3. The molecule has 0 spiro atoms. The van der Waals surface area contributed by atoms with E-state index in [-0.39, 0.29) is 0 Å². The average Bonchev–Trinajstić information content (AvgIpc) is 2.16. The molecular weight excluding hydrogens is 186 g/mol. The third kappa shape index (κ3) is 2.31. The number of halogens is 1. The molecule has 0 radical (unpaired) electrons. The first-order chi connectivity index (χ1) is 6.19. The van der Waals surface area contributed by atoms with Crippen molar-refractivity contribution in [3.63, 3.8) is 0 Å². The highest BCUT2D eigenvalue weighted by Crippen LogP contribution is 2.12. The molecule has 0 N–H and O–H groups in total. The number of nitrogens with zero attached hydrogens (tertiary/aromatic N) is 3. The van der Waals surface area contributed by atoms with Crippen molar-refractivity contribution in [2.24, 2.45) is 0 Å². The van der Waals surface area contributed by atoms with E-state index in [2.05, 4.69) is 16.9 Å². The molecule has 0 amide bonds. The second kappa shape index (κ2) is 4.42. The van der Waals surface area contributed by atoms with Gasteiger partial charge in [0.05, 0.1) is 11.6 Å². The van der Waals surface area contributed by atoms with E-state index in [1.165, 1.54) is 0 Å². The van der Waals surface area contributed by atoms with E-state index in [0.29, 0.717) is 5.88 Å². The van der Waals surface area contributed by atoms with Crippen LogP contribution in [-0.4, -0.2) is 24.1 Å². The summed E-state index contributed by atoms with van der Waals surface area (Å²) in [5.74, 6) is 1.22. The summed E-state index contributed by atoms with van der Waals surface area (Å²) in [5, 5.41) is 0. The molecule has 72 valence electrons. The Balaban J connectivity index is 3.05. The Morgan fingerprint density at radius 2 is 2.15 bits per heavy atom. The number of rotatable bonds is 3. The maximum atomic E-state index is 5.75. The number of hydrogen-bond donors (Lipinski definition) is 0. The van der Waals surface area contributed by atoms with Crippen LogP contribution in [0.3, 0.4) is 0 Å². The molecule has 0 saturated carbocycles. The first-order valence-corrected chi connectivity index (χ1v) is 4.80. The van der Waals surface area contributed by atoms with Crippen LogP contribution in [0.2, 0.25) is 0 Å². The van der Waals surface area contributed by atoms with E-state index in [1.807, 2.05) is 19.0 Å². The number of hydrogen-bond acceptors (Lipinski definition) is 3. The average molecular weight is 200 g/mol. The summed E-state index contributed by atoms with van der Waals surface area (Å²) >= 11 is 5.75. The van der Waals surface area contributed by atoms with Gasteiger partial charge in [-0.3, -0.25) is 0 Å². The fourth-order valence-electron chi connectivity index (χ4n) is 1.06. The number of anilines is 1. The minimum atomic E-state index is 0.483. The van der Waals surface area contributed by atoms with Crippen molar-refractivity contribution in [3.05, 3.63) is 17.5 Å². The predicted octanol–water partition coefficient (Wildman–Crippen LogP) is 1.84. The Kier molecular flexibility index (Phi) is 3.48. The van der Waals surface area contributed by atoms with E-state index < -0.39 is 0 Å². The first-order valence-electron chi connectivity index (χ1n) is 4.27. The maximum absolute atomic E-state index is 5.75. The normalized spacial score (nSPS) is 10.2. The fourth-order valence-corrected chi connectivity index (χ4v) is 1.29. The standard InChI is InChI=1S/C9H14ClN3/c1-4-8-7(5-10)6-11-9(12-8)13(2)3/h6H,4-5H2,1-3H3. The lowest BCUT2D eigenvalue weighted by Gasteiger charge is -2.12. The minimum absolute atomic E-state index is 0.483. The van der Waals surface area contributed by atoms with Gasteiger partial charge in [-0.1, -0.05) is 6.92 Å². The molecule has 1 rings (SSSR count). The van der Waals surface area contributed by atoms with Gasteiger partial charge >= 0.3 is 0 Å². The van der Waals surface area contributed by atoms with Crippen LogP contribution in [-0.2, 0) is 12.3 Å². The van der Waals surface area contributed by atoms with E-state index in [9.17, 15) is 0 Å². The van der Waals surface area contributed by atoms with E-state index in [4.69, 9.17) is 11.6 Å². The third-order valence-corrected chi connectivity index (χ3v) is 2.11. The summed E-state index contributed by atoms with van der Waals surface area (Å²) in [6.45, 7) is 2.07. The van der Waals surface area contributed by atoms with Crippen molar-refractivity contribution >= 4 is 17.5 Å². The van der Waals surface area contributed by atoms with Gasteiger partial charge in [0.25, 0.3) is 0 Å². The van der Waals surface area contributed by atoms with E-state index in [0.717, 1.165) is 23.6 Å². The molecule has 0 aliphatic carbocycles.